The Morgan fingerprint density at radius 2 is 1.68 bits per heavy atom. The normalized spacial score (nSPS) is 26.6. The summed E-state index contributed by atoms with van der Waals surface area (Å²) in [7, 11) is 0. The fourth-order valence-electron chi connectivity index (χ4n) is 4.22. The fraction of sp³-hybridized carbons (Fsp3) is 0.636. The molecule has 0 N–H and O–H groups in total. The van der Waals surface area contributed by atoms with Crippen molar-refractivity contribution < 1.29 is 26.3 Å². The third-order valence-corrected chi connectivity index (χ3v) is 6.60. The van der Waals surface area contributed by atoms with Gasteiger partial charge < -0.3 is 0 Å². The van der Waals surface area contributed by atoms with Crippen LogP contribution >= 0.6 is 0 Å². The molecule has 0 nitrogen and oxygen atoms in total. The van der Waals surface area contributed by atoms with Crippen molar-refractivity contribution >= 4 is 0 Å². The summed E-state index contributed by atoms with van der Waals surface area (Å²) in [5.41, 5.74) is -3.29. The second-order valence-corrected chi connectivity index (χ2v) is 8.38. The van der Waals surface area contributed by atoms with E-state index < -0.39 is 35.2 Å². The van der Waals surface area contributed by atoms with Crippen molar-refractivity contribution in [2.45, 2.75) is 72.2 Å². The van der Waals surface area contributed by atoms with Crippen LogP contribution in [0.3, 0.4) is 0 Å². The minimum Gasteiger partial charge on any atom is -0.170 e. The molecule has 2 unspecified atom stereocenters. The maximum atomic E-state index is 14.1. The predicted octanol–water partition coefficient (Wildman–Crippen LogP) is 8.09. The Morgan fingerprint density at radius 1 is 1.07 bits per heavy atom. The molecule has 0 aliphatic heterocycles. The highest BCUT2D eigenvalue weighted by molar-refractivity contribution is 5.33. The van der Waals surface area contributed by atoms with Gasteiger partial charge in [0.05, 0.1) is 0 Å². The van der Waals surface area contributed by atoms with Gasteiger partial charge in [0, 0.05) is 0 Å². The Balaban J connectivity index is 2.47. The fourth-order valence-corrected chi connectivity index (χ4v) is 4.22. The highest BCUT2D eigenvalue weighted by Gasteiger charge is 2.71. The van der Waals surface area contributed by atoms with Crippen LogP contribution in [0, 0.1) is 16.7 Å². The molecule has 158 valence electrons. The van der Waals surface area contributed by atoms with Gasteiger partial charge in [-0.15, -0.1) is 0 Å². The lowest BCUT2D eigenvalue weighted by Crippen LogP contribution is -2.52. The number of hydrogen-bond acceptors (Lipinski definition) is 0. The third-order valence-electron chi connectivity index (χ3n) is 6.60. The Bertz CT molecular complexity index is 688. The summed E-state index contributed by atoms with van der Waals surface area (Å²) in [6.45, 7) is 7.11. The minimum atomic E-state index is -5.41. The topological polar surface area (TPSA) is 0 Å². The summed E-state index contributed by atoms with van der Waals surface area (Å²) in [6.07, 6.45) is -3.46. The molecule has 2 atom stereocenters. The predicted molar refractivity (Wildman–Crippen MR) is 99.6 cm³/mol. The van der Waals surface area contributed by atoms with E-state index in [1.807, 2.05) is 19.1 Å². The first-order valence-corrected chi connectivity index (χ1v) is 9.63. The summed E-state index contributed by atoms with van der Waals surface area (Å²) in [6, 6.07) is 0. The van der Waals surface area contributed by atoms with Crippen molar-refractivity contribution in [2.75, 3.05) is 0 Å². The van der Waals surface area contributed by atoms with Crippen LogP contribution in [-0.4, -0.2) is 12.4 Å². The van der Waals surface area contributed by atoms with Gasteiger partial charge in [0.1, 0.15) is 0 Å². The van der Waals surface area contributed by atoms with Crippen molar-refractivity contribution in [1.82, 2.24) is 0 Å². The van der Waals surface area contributed by atoms with Crippen molar-refractivity contribution in [3.05, 3.63) is 47.1 Å². The zero-order valence-electron chi connectivity index (χ0n) is 16.8. The van der Waals surface area contributed by atoms with E-state index in [1.165, 1.54) is 6.08 Å². The van der Waals surface area contributed by atoms with Crippen LogP contribution in [0.15, 0.2) is 47.1 Å². The Hall–Kier alpha value is -1.46. The van der Waals surface area contributed by atoms with Crippen molar-refractivity contribution in [1.29, 1.82) is 0 Å². The standard InChI is InChI=1S/C22H28F6/c1-5-19(4)12-7-10-18(14-19)20(21(23,24)25,22(26,27)28)13-11-17-9-6-8-15(2)16(17)3/h6-8,10,12,17H,5,9,11,13-14H2,1-4H3. The molecule has 0 aromatic heterocycles. The monoisotopic (exact) mass is 406 g/mol. The number of hydrogen-bond donors (Lipinski definition) is 0. The zero-order chi connectivity index (χ0) is 21.4. The maximum Gasteiger partial charge on any atom is 0.406 e. The van der Waals surface area contributed by atoms with E-state index in [0.29, 0.717) is 12.8 Å². The summed E-state index contributed by atoms with van der Waals surface area (Å²) in [5.74, 6) is -0.300. The molecule has 0 spiro atoms. The number of rotatable bonds is 5. The smallest absolute Gasteiger partial charge is 0.170 e. The van der Waals surface area contributed by atoms with E-state index in [4.69, 9.17) is 0 Å². The molecule has 2 aliphatic rings. The molecule has 6 heteroatoms. The quantitative estimate of drug-likeness (QED) is 0.405. The molecular weight excluding hydrogens is 378 g/mol. The van der Waals surface area contributed by atoms with Crippen molar-refractivity contribution in [2.24, 2.45) is 16.7 Å². The Morgan fingerprint density at radius 3 is 2.21 bits per heavy atom. The summed E-state index contributed by atoms with van der Waals surface area (Å²) in [5, 5.41) is 0. The van der Waals surface area contributed by atoms with Crippen LogP contribution in [0.5, 0.6) is 0 Å². The molecule has 2 aliphatic carbocycles. The summed E-state index contributed by atoms with van der Waals surface area (Å²) < 4.78 is 84.8. The van der Waals surface area contributed by atoms with Crippen LogP contribution in [0.2, 0.25) is 0 Å². The highest BCUT2D eigenvalue weighted by Crippen LogP contribution is 2.61. The molecule has 0 heterocycles. The molecule has 0 amide bonds. The first-order valence-electron chi connectivity index (χ1n) is 9.63. The molecule has 0 bridgehead atoms. The lowest BCUT2D eigenvalue weighted by Gasteiger charge is -2.43. The maximum absolute atomic E-state index is 14.1. The van der Waals surface area contributed by atoms with Gasteiger partial charge in [0.2, 0.25) is 0 Å². The molecule has 0 aromatic rings. The van der Waals surface area contributed by atoms with Crippen LogP contribution < -0.4 is 0 Å². The first kappa shape index (κ1) is 22.8. The molecule has 0 fully saturated rings. The minimum absolute atomic E-state index is 0.156. The second-order valence-electron chi connectivity index (χ2n) is 8.38. The van der Waals surface area contributed by atoms with E-state index in [9.17, 15) is 26.3 Å². The average molecular weight is 406 g/mol. The molecule has 0 aromatic carbocycles. The van der Waals surface area contributed by atoms with Crippen LogP contribution in [0.25, 0.3) is 0 Å². The van der Waals surface area contributed by atoms with Crippen LogP contribution in [0.4, 0.5) is 26.3 Å². The van der Waals surface area contributed by atoms with Gasteiger partial charge in [-0.3, -0.25) is 0 Å². The van der Waals surface area contributed by atoms with Gasteiger partial charge in [-0.05, 0) is 62.9 Å². The lowest BCUT2D eigenvalue weighted by atomic mass is 9.65. The molecular formula is C22H28F6. The average Bonchev–Trinajstić information content (AvgIpc) is 2.56. The van der Waals surface area contributed by atoms with E-state index >= 15 is 0 Å². The molecule has 0 saturated heterocycles. The number of halogens is 6. The summed E-state index contributed by atoms with van der Waals surface area (Å²) in [4.78, 5) is 0. The van der Waals surface area contributed by atoms with Crippen molar-refractivity contribution in [3.8, 4) is 0 Å². The molecule has 28 heavy (non-hydrogen) atoms. The Labute approximate surface area is 163 Å². The van der Waals surface area contributed by atoms with Gasteiger partial charge >= 0.3 is 12.4 Å². The van der Waals surface area contributed by atoms with E-state index in [-0.39, 0.29) is 18.8 Å². The first-order chi connectivity index (χ1) is 12.8. The van der Waals surface area contributed by atoms with Gasteiger partial charge in [0.25, 0.3) is 0 Å². The van der Waals surface area contributed by atoms with Crippen molar-refractivity contribution in [3.63, 3.8) is 0 Å². The molecule has 0 radical (unpaired) electrons. The molecule has 0 saturated carbocycles. The molecule has 2 rings (SSSR count). The van der Waals surface area contributed by atoms with Crippen LogP contribution in [0.1, 0.15) is 59.8 Å². The van der Waals surface area contributed by atoms with Crippen LogP contribution in [-0.2, 0) is 0 Å². The zero-order valence-corrected chi connectivity index (χ0v) is 16.8. The van der Waals surface area contributed by atoms with E-state index in [2.05, 4.69) is 0 Å². The number of alkyl halides is 6. The van der Waals surface area contributed by atoms with Gasteiger partial charge in [0.15, 0.2) is 5.41 Å². The largest absolute Gasteiger partial charge is 0.406 e. The second kappa shape index (κ2) is 7.75. The number of allylic oxidation sites excluding steroid dienone is 8. The van der Waals surface area contributed by atoms with Gasteiger partial charge in [-0.25, -0.2) is 0 Å². The van der Waals surface area contributed by atoms with Gasteiger partial charge in [-0.1, -0.05) is 55.4 Å². The summed E-state index contributed by atoms with van der Waals surface area (Å²) >= 11 is 0. The van der Waals surface area contributed by atoms with Gasteiger partial charge in [-0.2, -0.15) is 26.3 Å². The lowest BCUT2D eigenvalue weighted by molar-refractivity contribution is -0.329. The van der Waals surface area contributed by atoms with E-state index in [0.717, 1.165) is 17.2 Å². The third kappa shape index (κ3) is 4.11. The van der Waals surface area contributed by atoms with E-state index in [1.54, 1.807) is 26.8 Å². The SMILES string of the molecule is CCC1(C)C=CC=C(C(CCC2CC=CC(C)=C2C)(C(F)(F)F)C(F)(F)F)C1. The highest BCUT2D eigenvalue weighted by atomic mass is 19.4. The Kier molecular flexibility index (Phi) is 6.32.